The molecular weight excluding hydrogens is 292 g/mol. The van der Waals surface area contributed by atoms with Crippen molar-refractivity contribution in [2.24, 2.45) is 5.73 Å². The minimum atomic E-state index is 0.255. The largest absolute Gasteiger partial charge is 0.396 e. The second-order valence-corrected chi connectivity index (χ2v) is 5.69. The molecule has 3 nitrogen and oxygen atoms in total. The summed E-state index contributed by atoms with van der Waals surface area (Å²) in [7, 11) is 0. The zero-order valence-electron chi connectivity index (χ0n) is 10.6. The highest BCUT2D eigenvalue weighted by Gasteiger charge is 2.25. The van der Waals surface area contributed by atoms with E-state index in [1.807, 2.05) is 0 Å². The van der Waals surface area contributed by atoms with Crippen LogP contribution in [0.3, 0.4) is 0 Å². The molecule has 0 spiro atoms. The smallest absolute Gasteiger partial charge is 0.0447 e. The van der Waals surface area contributed by atoms with Gasteiger partial charge in [-0.3, -0.25) is 0 Å². The van der Waals surface area contributed by atoms with Crippen LogP contribution in [0.2, 0.25) is 0 Å². The molecule has 1 saturated carbocycles. The quantitative estimate of drug-likeness (QED) is 0.849. The minimum Gasteiger partial charge on any atom is -0.396 e. The Kier molecular flexibility index (Phi) is 5.03. The van der Waals surface area contributed by atoms with Crippen LogP contribution in [0, 0.1) is 0 Å². The van der Waals surface area contributed by atoms with Crippen molar-refractivity contribution in [2.45, 2.75) is 38.3 Å². The predicted octanol–water partition coefficient (Wildman–Crippen LogP) is 2.65. The SMILES string of the molecule is NCc1ccc(N(CCCO)C2CCC2)cc1Br. The van der Waals surface area contributed by atoms with Crippen molar-refractivity contribution in [3.05, 3.63) is 28.2 Å². The molecule has 0 amide bonds. The Morgan fingerprint density at radius 3 is 2.67 bits per heavy atom. The van der Waals surface area contributed by atoms with Gasteiger partial charge in [-0.05, 0) is 43.4 Å². The van der Waals surface area contributed by atoms with E-state index in [9.17, 15) is 0 Å². The molecule has 0 bridgehead atoms. The fraction of sp³-hybridized carbons (Fsp3) is 0.571. The molecule has 18 heavy (non-hydrogen) atoms. The summed E-state index contributed by atoms with van der Waals surface area (Å²) in [6.45, 7) is 1.74. The van der Waals surface area contributed by atoms with Crippen LogP contribution in [0.1, 0.15) is 31.2 Å². The number of hydrogen-bond acceptors (Lipinski definition) is 3. The van der Waals surface area contributed by atoms with Gasteiger partial charge in [0.25, 0.3) is 0 Å². The monoisotopic (exact) mass is 312 g/mol. The van der Waals surface area contributed by atoms with Crippen molar-refractivity contribution < 1.29 is 5.11 Å². The summed E-state index contributed by atoms with van der Waals surface area (Å²) >= 11 is 3.58. The maximum Gasteiger partial charge on any atom is 0.0447 e. The van der Waals surface area contributed by atoms with E-state index in [0.717, 1.165) is 23.0 Å². The molecule has 0 aromatic heterocycles. The summed E-state index contributed by atoms with van der Waals surface area (Å²) < 4.78 is 1.08. The molecule has 100 valence electrons. The fourth-order valence-electron chi connectivity index (χ4n) is 2.34. The first-order chi connectivity index (χ1) is 8.76. The van der Waals surface area contributed by atoms with Gasteiger partial charge in [-0.15, -0.1) is 0 Å². The zero-order chi connectivity index (χ0) is 13.0. The van der Waals surface area contributed by atoms with E-state index >= 15 is 0 Å². The van der Waals surface area contributed by atoms with E-state index in [1.165, 1.54) is 24.9 Å². The van der Waals surface area contributed by atoms with Crippen LogP contribution >= 0.6 is 15.9 Å². The van der Waals surface area contributed by atoms with Gasteiger partial charge in [-0.2, -0.15) is 0 Å². The summed E-state index contributed by atoms with van der Waals surface area (Å²) in [5.41, 5.74) is 8.04. The molecule has 1 aliphatic carbocycles. The molecule has 2 rings (SSSR count). The van der Waals surface area contributed by atoms with Crippen molar-refractivity contribution in [3.8, 4) is 0 Å². The van der Waals surface area contributed by atoms with E-state index in [2.05, 4.69) is 39.0 Å². The van der Waals surface area contributed by atoms with E-state index in [4.69, 9.17) is 10.8 Å². The molecule has 1 aromatic carbocycles. The van der Waals surface area contributed by atoms with Gasteiger partial charge < -0.3 is 15.7 Å². The van der Waals surface area contributed by atoms with Crippen LogP contribution in [0.25, 0.3) is 0 Å². The number of nitrogens with zero attached hydrogens (tertiary/aromatic N) is 1. The van der Waals surface area contributed by atoms with Gasteiger partial charge in [-0.25, -0.2) is 0 Å². The molecule has 1 aromatic rings. The zero-order valence-corrected chi connectivity index (χ0v) is 12.2. The van der Waals surface area contributed by atoms with Gasteiger partial charge in [-0.1, -0.05) is 22.0 Å². The van der Waals surface area contributed by atoms with E-state index in [1.54, 1.807) is 0 Å². The van der Waals surface area contributed by atoms with Crippen LogP contribution in [-0.4, -0.2) is 24.3 Å². The third kappa shape index (κ3) is 3.05. The van der Waals surface area contributed by atoms with E-state index < -0.39 is 0 Å². The lowest BCUT2D eigenvalue weighted by molar-refractivity contribution is 0.283. The molecule has 0 heterocycles. The predicted molar refractivity (Wildman–Crippen MR) is 78.7 cm³/mol. The maximum absolute atomic E-state index is 9.02. The summed E-state index contributed by atoms with van der Waals surface area (Å²) in [6.07, 6.45) is 4.68. The lowest BCUT2D eigenvalue weighted by Crippen LogP contribution is -2.41. The Balaban J connectivity index is 2.15. The summed E-state index contributed by atoms with van der Waals surface area (Å²) in [4.78, 5) is 2.42. The van der Waals surface area contributed by atoms with Crippen LogP contribution in [-0.2, 0) is 6.54 Å². The normalized spacial score (nSPS) is 15.5. The Morgan fingerprint density at radius 1 is 1.39 bits per heavy atom. The van der Waals surface area contributed by atoms with Gasteiger partial charge in [0, 0.05) is 35.9 Å². The average Bonchev–Trinajstić information content (AvgIpc) is 2.32. The lowest BCUT2D eigenvalue weighted by Gasteiger charge is -2.39. The first kappa shape index (κ1) is 13.8. The van der Waals surface area contributed by atoms with Crippen molar-refractivity contribution in [3.63, 3.8) is 0 Å². The number of aliphatic hydroxyl groups excluding tert-OH is 1. The number of halogens is 1. The molecule has 1 aliphatic rings. The van der Waals surface area contributed by atoms with Crippen LogP contribution < -0.4 is 10.6 Å². The van der Waals surface area contributed by atoms with Crippen molar-refractivity contribution in [1.29, 1.82) is 0 Å². The maximum atomic E-state index is 9.02. The second-order valence-electron chi connectivity index (χ2n) is 4.84. The van der Waals surface area contributed by atoms with Gasteiger partial charge in [0.1, 0.15) is 0 Å². The second kappa shape index (κ2) is 6.55. The minimum absolute atomic E-state index is 0.255. The van der Waals surface area contributed by atoms with Gasteiger partial charge in [0.15, 0.2) is 0 Å². The molecule has 0 atom stereocenters. The van der Waals surface area contributed by atoms with Gasteiger partial charge >= 0.3 is 0 Å². The van der Waals surface area contributed by atoms with Crippen LogP contribution in [0.5, 0.6) is 0 Å². The fourth-order valence-corrected chi connectivity index (χ4v) is 2.87. The van der Waals surface area contributed by atoms with Crippen molar-refractivity contribution >= 4 is 21.6 Å². The average molecular weight is 313 g/mol. The van der Waals surface area contributed by atoms with Crippen molar-refractivity contribution in [1.82, 2.24) is 0 Å². The molecule has 4 heteroatoms. The number of benzene rings is 1. The van der Waals surface area contributed by atoms with Crippen LogP contribution in [0.4, 0.5) is 5.69 Å². The Bertz CT molecular complexity index is 393. The van der Waals surface area contributed by atoms with Gasteiger partial charge in [0.05, 0.1) is 0 Å². The van der Waals surface area contributed by atoms with Gasteiger partial charge in [0.2, 0.25) is 0 Å². The molecule has 0 aliphatic heterocycles. The number of hydrogen-bond donors (Lipinski definition) is 2. The number of aliphatic hydroxyl groups is 1. The van der Waals surface area contributed by atoms with E-state index in [-0.39, 0.29) is 6.61 Å². The molecular formula is C14H21BrN2O. The molecule has 0 radical (unpaired) electrons. The summed E-state index contributed by atoms with van der Waals surface area (Å²) in [6, 6.07) is 7.03. The first-order valence-electron chi connectivity index (χ1n) is 6.62. The standard InChI is InChI=1S/C14H21BrN2O/c15-14-9-13(6-5-11(14)10-16)17(7-2-8-18)12-3-1-4-12/h5-6,9,12,18H,1-4,7-8,10,16H2. The highest BCUT2D eigenvalue weighted by molar-refractivity contribution is 9.10. The van der Waals surface area contributed by atoms with Crippen molar-refractivity contribution in [2.75, 3.05) is 18.1 Å². The highest BCUT2D eigenvalue weighted by atomic mass is 79.9. The lowest BCUT2D eigenvalue weighted by atomic mass is 9.91. The van der Waals surface area contributed by atoms with E-state index in [0.29, 0.717) is 12.6 Å². The summed E-state index contributed by atoms with van der Waals surface area (Å²) in [5.74, 6) is 0. The number of nitrogens with two attached hydrogens (primary N) is 1. The molecule has 3 N–H and O–H groups in total. The third-order valence-electron chi connectivity index (χ3n) is 3.66. The Hall–Kier alpha value is -0.580. The molecule has 1 fully saturated rings. The van der Waals surface area contributed by atoms with Crippen LogP contribution in [0.15, 0.2) is 22.7 Å². The number of anilines is 1. The highest BCUT2D eigenvalue weighted by Crippen LogP contribution is 2.32. The Morgan fingerprint density at radius 2 is 2.17 bits per heavy atom. The molecule has 0 unspecified atom stereocenters. The molecule has 0 saturated heterocycles. The first-order valence-corrected chi connectivity index (χ1v) is 7.41. The third-order valence-corrected chi connectivity index (χ3v) is 4.40. The number of rotatable bonds is 6. The Labute approximate surface area is 117 Å². The summed E-state index contributed by atoms with van der Waals surface area (Å²) in [5, 5.41) is 9.02. The topological polar surface area (TPSA) is 49.5 Å².